The number of amides is 1. The van der Waals surface area contributed by atoms with E-state index in [2.05, 4.69) is 36.3 Å². The highest BCUT2D eigenvalue weighted by molar-refractivity contribution is 7.98. The van der Waals surface area contributed by atoms with Crippen LogP contribution >= 0.6 is 11.8 Å². The van der Waals surface area contributed by atoms with E-state index in [1.165, 1.54) is 17.3 Å². The largest absolute Gasteiger partial charge is 0.480 e. The molecule has 3 N–H and O–H groups in total. The number of oxime groups is 1. The summed E-state index contributed by atoms with van der Waals surface area (Å²) >= 11 is 1.54. The van der Waals surface area contributed by atoms with Crippen molar-refractivity contribution in [2.24, 2.45) is 33.7 Å². The van der Waals surface area contributed by atoms with Crippen LogP contribution in [0.5, 0.6) is 0 Å². The predicted molar refractivity (Wildman–Crippen MR) is 141 cm³/mol. The SMILES string of the molecule is C#C[C@@]1(O)CC[C@H]2[C@@H]3CCC4=CC(=NOCC(=O)NC(CCSC)C(=O)O)CC[C@]4(C)[C@H]3CC[C@@]21C. The summed E-state index contributed by atoms with van der Waals surface area (Å²) in [6.45, 7) is 4.32. The van der Waals surface area contributed by atoms with E-state index in [0.717, 1.165) is 50.7 Å². The maximum Gasteiger partial charge on any atom is 0.326 e. The highest BCUT2D eigenvalue weighted by Crippen LogP contribution is 2.67. The fourth-order valence-electron chi connectivity index (χ4n) is 7.80. The van der Waals surface area contributed by atoms with Gasteiger partial charge < -0.3 is 20.4 Å². The van der Waals surface area contributed by atoms with Crippen LogP contribution in [0.25, 0.3) is 0 Å². The first-order chi connectivity index (χ1) is 17.1. The van der Waals surface area contributed by atoms with Crippen LogP contribution in [0.1, 0.15) is 71.6 Å². The quantitative estimate of drug-likeness (QED) is 0.332. The molecule has 7 nitrogen and oxygen atoms in total. The molecule has 4 aliphatic carbocycles. The van der Waals surface area contributed by atoms with E-state index < -0.39 is 23.5 Å². The molecule has 1 unspecified atom stereocenters. The molecule has 4 aliphatic rings. The zero-order valence-corrected chi connectivity index (χ0v) is 22.5. The number of nitrogens with zero attached hydrogens (tertiary/aromatic N) is 1. The second-order valence-electron chi connectivity index (χ2n) is 11.6. The van der Waals surface area contributed by atoms with Gasteiger partial charge in [0.2, 0.25) is 0 Å². The first kappa shape index (κ1) is 27.1. The fraction of sp³-hybridized carbons (Fsp3) is 0.750. The Morgan fingerprint density at radius 3 is 2.69 bits per heavy atom. The lowest BCUT2D eigenvalue weighted by Crippen LogP contribution is -2.54. The number of allylic oxidation sites excluding steroid dienone is 2. The normalized spacial score (nSPS) is 39.1. The van der Waals surface area contributed by atoms with Gasteiger partial charge in [-0.05, 0) is 99.0 Å². The van der Waals surface area contributed by atoms with Crippen LogP contribution in [-0.2, 0) is 14.4 Å². The van der Waals surface area contributed by atoms with Crippen molar-refractivity contribution in [1.82, 2.24) is 5.32 Å². The number of carbonyl (C=O) groups excluding carboxylic acids is 1. The van der Waals surface area contributed by atoms with E-state index in [-0.39, 0.29) is 17.4 Å². The molecule has 4 rings (SSSR count). The van der Waals surface area contributed by atoms with E-state index >= 15 is 0 Å². The molecule has 0 aliphatic heterocycles. The van der Waals surface area contributed by atoms with E-state index in [4.69, 9.17) is 11.3 Å². The third kappa shape index (κ3) is 4.69. The molecule has 198 valence electrons. The minimum absolute atomic E-state index is 0.115. The zero-order valence-electron chi connectivity index (χ0n) is 21.7. The molecule has 3 fully saturated rings. The lowest BCUT2D eigenvalue weighted by molar-refractivity contribution is -0.142. The lowest BCUT2D eigenvalue weighted by Gasteiger charge is -2.58. The molecule has 0 spiro atoms. The van der Waals surface area contributed by atoms with E-state index in [1.807, 2.05) is 6.26 Å². The van der Waals surface area contributed by atoms with Crippen LogP contribution in [0.4, 0.5) is 0 Å². The van der Waals surface area contributed by atoms with Gasteiger partial charge in [-0.15, -0.1) is 6.42 Å². The van der Waals surface area contributed by atoms with Crippen molar-refractivity contribution in [3.8, 4) is 12.3 Å². The van der Waals surface area contributed by atoms with Crippen molar-refractivity contribution >= 4 is 29.4 Å². The number of carbonyl (C=O) groups is 2. The molecule has 0 saturated heterocycles. The number of aliphatic hydroxyl groups is 1. The summed E-state index contributed by atoms with van der Waals surface area (Å²) in [7, 11) is 0. The molecule has 0 radical (unpaired) electrons. The molecule has 0 heterocycles. The smallest absolute Gasteiger partial charge is 0.326 e. The molecule has 3 saturated carbocycles. The number of hydrogen-bond acceptors (Lipinski definition) is 6. The van der Waals surface area contributed by atoms with Crippen molar-refractivity contribution in [2.75, 3.05) is 18.6 Å². The third-order valence-electron chi connectivity index (χ3n) is 9.99. The molecule has 0 aromatic heterocycles. The minimum Gasteiger partial charge on any atom is -0.480 e. The highest BCUT2D eigenvalue weighted by atomic mass is 32.2. The average molecular weight is 517 g/mol. The Kier molecular flexibility index (Phi) is 7.83. The van der Waals surface area contributed by atoms with E-state index in [9.17, 15) is 19.8 Å². The Balaban J connectivity index is 1.38. The summed E-state index contributed by atoms with van der Waals surface area (Å²) < 4.78 is 0. The number of carboxylic acid groups (broad SMARTS) is 1. The monoisotopic (exact) mass is 516 g/mol. The van der Waals surface area contributed by atoms with Crippen LogP contribution in [0.15, 0.2) is 16.8 Å². The van der Waals surface area contributed by atoms with Gasteiger partial charge in [0.1, 0.15) is 11.6 Å². The Labute approximate surface area is 218 Å². The number of terminal acetylenes is 1. The molecule has 8 heteroatoms. The number of thioether (sulfide) groups is 1. The molecular formula is C28H40N2O5S. The predicted octanol–water partition coefficient (Wildman–Crippen LogP) is 4.01. The van der Waals surface area contributed by atoms with Crippen molar-refractivity contribution in [2.45, 2.75) is 83.3 Å². The molecule has 0 bridgehead atoms. The molecular weight excluding hydrogens is 476 g/mol. The van der Waals surface area contributed by atoms with E-state index in [1.54, 1.807) is 0 Å². The molecule has 0 aromatic carbocycles. The number of rotatable bonds is 8. The Morgan fingerprint density at radius 1 is 1.25 bits per heavy atom. The molecule has 1 amide bonds. The van der Waals surface area contributed by atoms with Gasteiger partial charge in [0.15, 0.2) is 6.61 Å². The maximum atomic E-state index is 12.2. The second kappa shape index (κ2) is 10.4. The van der Waals surface area contributed by atoms with Gasteiger partial charge in [-0.1, -0.05) is 30.5 Å². The summed E-state index contributed by atoms with van der Waals surface area (Å²) in [4.78, 5) is 28.8. The number of carboxylic acids is 1. The van der Waals surface area contributed by atoms with Crippen molar-refractivity contribution in [3.63, 3.8) is 0 Å². The zero-order chi connectivity index (χ0) is 26.1. The van der Waals surface area contributed by atoms with E-state index in [0.29, 0.717) is 36.3 Å². The summed E-state index contributed by atoms with van der Waals surface area (Å²) in [5.74, 6) is 3.53. The number of nitrogens with one attached hydrogen (secondary N) is 1. The summed E-state index contributed by atoms with van der Waals surface area (Å²) in [6, 6.07) is -0.914. The Hall–Kier alpha value is -1.98. The fourth-order valence-corrected chi connectivity index (χ4v) is 8.27. The summed E-state index contributed by atoms with van der Waals surface area (Å²) in [5, 5.41) is 27.2. The van der Waals surface area contributed by atoms with Gasteiger partial charge in [-0.3, -0.25) is 4.79 Å². The van der Waals surface area contributed by atoms with Crippen LogP contribution in [0.3, 0.4) is 0 Å². The van der Waals surface area contributed by atoms with Gasteiger partial charge in [0, 0.05) is 5.41 Å². The number of hydrogen-bond donors (Lipinski definition) is 3. The summed E-state index contributed by atoms with van der Waals surface area (Å²) in [5.41, 5.74) is 1.21. The van der Waals surface area contributed by atoms with Gasteiger partial charge in [-0.25, -0.2) is 4.79 Å². The number of fused-ring (bicyclic) bond motifs is 5. The van der Waals surface area contributed by atoms with Crippen LogP contribution < -0.4 is 5.32 Å². The third-order valence-corrected chi connectivity index (χ3v) is 10.6. The van der Waals surface area contributed by atoms with Gasteiger partial charge in [0.05, 0.1) is 5.71 Å². The van der Waals surface area contributed by atoms with Gasteiger partial charge in [-0.2, -0.15) is 11.8 Å². The van der Waals surface area contributed by atoms with Crippen LogP contribution in [-0.4, -0.2) is 58.1 Å². The Bertz CT molecular complexity index is 989. The second-order valence-corrected chi connectivity index (χ2v) is 12.6. The Morgan fingerprint density at radius 2 is 2.00 bits per heavy atom. The summed E-state index contributed by atoms with van der Waals surface area (Å²) in [6.07, 6.45) is 17.9. The van der Waals surface area contributed by atoms with Gasteiger partial charge >= 0.3 is 5.97 Å². The molecule has 0 aromatic rings. The maximum absolute atomic E-state index is 12.2. The van der Waals surface area contributed by atoms with Gasteiger partial charge in [0.25, 0.3) is 5.91 Å². The van der Waals surface area contributed by atoms with Crippen LogP contribution in [0.2, 0.25) is 0 Å². The average Bonchev–Trinajstić information content (AvgIpc) is 3.12. The first-order valence-corrected chi connectivity index (χ1v) is 14.6. The molecule has 36 heavy (non-hydrogen) atoms. The lowest BCUT2D eigenvalue weighted by atomic mass is 9.46. The molecule has 7 atom stereocenters. The number of aliphatic carboxylic acids is 1. The van der Waals surface area contributed by atoms with Crippen molar-refractivity contribution in [3.05, 3.63) is 11.6 Å². The first-order valence-electron chi connectivity index (χ1n) is 13.2. The highest BCUT2D eigenvalue weighted by Gasteiger charge is 2.63. The van der Waals surface area contributed by atoms with Crippen molar-refractivity contribution in [1.29, 1.82) is 0 Å². The standard InChI is InChI=1S/C28H40N2O5S/c1-5-28(34)14-10-22-20-7-6-18-16-19(8-12-26(18,2)21(20)9-13-27(22,28)3)30-35-17-24(31)29-23(25(32)33)11-15-36-4/h1,16,20-23,34H,6-15,17H2,2-4H3,(H,29,31)(H,32,33)/t20-,21+,22+,23?,26+,27+,28-/m1/s1. The topological polar surface area (TPSA) is 108 Å². The minimum atomic E-state index is -1.04. The van der Waals surface area contributed by atoms with Crippen LogP contribution in [0, 0.1) is 40.9 Å². The van der Waals surface area contributed by atoms with Crippen molar-refractivity contribution < 1.29 is 24.6 Å².